The summed E-state index contributed by atoms with van der Waals surface area (Å²) >= 11 is 11.2. The number of benzene rings is 1. The Labute approximate surface area is 105 Å². The van der Waals surface area contributed by atoms with Crippen LogP contribution in [0.2, 0.25) is 0 Å². The quantitative estimate of drug-likeness (QED) is 0.687. The summed E-state index contributed by atoms with van der Waals surface area (Å²) in [6.07, 6.45) is 0. The van der Waals surface area contributed by atoms with Crippen molar-refractivity contribution in [2.45, 2.75) is 5.38 Å². The van der Waals surface area contributed by atoms with E-state index in [-0.39, 0.29) is 11.2 Å². The molecule has 1 heterocycles. The van der Waals surface area contributed by atoms with Crippen LogP contribution in [-0.4, -0.2) is 0 Å². The molecule has 1 aromatic carbocycles. The lowest BCUT2D eigenvalue weighted by atomic mass is 10.1. The Morgan fingerprint density at radius 3 is 2.40 bits per heavy atom. The maximum Gasteiger partial charge on any atom is 0.123 e. The van der Waals surface area contributed by atoms with Crippen LogP contribution in [0.3, 0.4) is 0 Å². The van der Waals surface area contributed by atoms with Crippen LogP contribution in [0.25, 0.3) is 0 Å². The van der Waals surface area contributed by atoms with Gasteiger partial charge in [0, 0.05) is 0 Å². The summed E-state index contributed by atoms with van der Waals surface area (Å²) in [6, 6.07) is 8.24. The van der Waals surface area contributed by atoms with Crippen molar-refractivity contribution in [3.63, 3.8) is 0 Å². The number of alkyl halides is 1. The molecule has 78 valence electrons. The molecule has 0 aliphatic carbocycles. The standard InChI is InChI=1S/C11H7BrClFS/c12-10-5-8(6-15-10)11(13)7-1-3-9(14)4-2-7/h1-6,11H. The van der Waals surface area contributed by atoms with Crippen LogP contribution < -0.4 is 0 Å². The van der Waals surface area contributed by atoms with Crippen LogP contribution in [0.15, 0.2) is 39.5 Å². The highest BCUT2D eigenvalue weighted by Gasteiger charge is 2.12. The van der Waals surface area contributed by atoms with E-state index in [2.05, 4.69) is 15.9 Å². The van der Waals surface area contributed by atoms with Gasteiger partial charge in [-0.3, -0.25) is 0 Å². The summed E-state index contributed by atoms with van der Waals surface area (Å²) < 4.78 is 13.8. The molecule has 2 aromatic rings. The van der Waals surface area contributed by atoms with Crippen molar-refractivity contribution in [1.82, 2.24) is 0 Å². The molecule has 15 heavy (non-hydrogen) atoms. The first-order valence-corrected chi connectivity index (χ1v) is 6.41. The van der Waals surface area contributed by atoms with Gasteiger partial charge < -0.3 is 0 Å². The fourth-order valence-electron chi connectivity index (χ4n) is 1.28. The Hall–Kier alpha value is -0.380. The van der Waals surface area contributed by atoms with Gasteiger partial charge in [0.25, 0.3) is 0 Å². The number of halogens is 3. The summed E-state index contributed by atoms with van der Waals surface area (Å²) in [5.41, 5.74) is 1.93. The minimum atomic E-state index is -0.242. The van der Waals surface area contributed by atoms with Gasteiger partial charge in [-0.2, -0.15) is 0 Å². The first-order valence-electron chi connectivity index (χ1n) is 4.30. The van der Waals surface area contributed by atoms with Crippen LogP contribution in [0.1, 0.15) is 16.5 Å². The second-order valence-corrected chi connectivity index (χ2v) is 5.83. The highest BCUT2D eigenvalue weighted by atomic mass is 79.9. The Morgan fingerprint density at radius 1 is 1.20 bits per heavy atom. The molecule has 2 rings (SSSR count). The number of rotatable bonds is 2. The molecule has 1 unspecified atom stereocenters. The van der Waals surface area contributed by atoms with E-state index < -0.39 is 0 Å². The highest BCUT2D eigenvalue weighted by molar-refractivity contribution is 9.11. The van der Waals surface area contributed by atoms with Crippen LogP contribution in [-0.2, 0) is 0 Å². The third-order valence-corrected chi connectivity index (χ3v) is 4.07. The van der Waals surface area contributed by atoms with Crippen LogP contribution >= 0.6 is 38.9 Å². The predicted octanol–water partition coefficient (Wildman–Crippen LogP) is 4.98. The minimum absolute atomic E-state index is 0.215. The highest BCUT2D eigenvalue weighted by Crippen LogP contribution is 2.33. The lowest BCUT2D eigenvalue weighted by Crippen LogP contribution is -1.90. The Bertz CT molecular complexity index is 452. The van der Waals surface area contributed by atoms with Crippen LogP contribution in [0.4, 0.5) is 4.39 Å². The lowest BCUT2D eigenvalue weighted by molar-refractivity contribution is 0.627. The van der Waals surface area contributed by atoms with E-state index >= 15 is 0 Å². The third kappa shape index (κ3) is 2.60. The van der Waals surface area contributed by atoms with Crippen LogP contribution in [0, 0.1) is 5.82 Å². The fourth-order valence-corrected chi connectivity index (χ4v) is 2.83. The molecule has 0 bridgehead atoms. The molecule has 0 saturated carbocycles. The Kier molecular flexibility index (Phi) is 3.44. The molecule has 0 saturated heterocycles. The van der Waals surface area contributed by atoms with Gasteiger partial charge in [0.15, 0.2) is 0 Å². The molecule has 0 nitrogen and oxygen atoms in total. The van der Waals surface area contributed by atoms with Gasteiger partial charge in [0.1, 0.15) is 5.82 Å². The molecule has 1 atom stereocenters. The van der Waals surface area contributed by atoms with E-state index in [1.165, 1.54) is 12.1 Å². The molecule has 0 aliphatic heterocycles. The summed E-state index contributed by atoms with van der Waals surface area (Å²) in [6.45, 7) is 0. The van der Waals surface area contributed by atoms with Crippen molar-refractivity contribution in [3.8, 4) is 0 Å². The number of hydrogen-bond acceptors (Lipinski definition) is 1. The third-order valence-electron chi connectivity index (χ3n) is 2.04. The molecule has 0 spiro atoms. The molecule has 0 radical (unpaired) electrons. The first-order chi connectivity index (χ1) is 7.16. The van der Waals surface area contributed by atoms with E-state index in [1.807, 2.05) is 11.4 Å². The van der Waals surface area contributed by atoms with E-state index in [0.717, 1.165) is 14.9 Å². The summed E-state index contributed by atoms with van der Waals surface area (Å²) in [7, 11) is 0. The van der Waals surface area contributed by atoms with E-state index in [4.69, 9.17) is 11.6 Å². The van der Waals surface area contributed by atoms with Gasteiger partial charge in [-0.25, -0.2) is 4.39 Å². The molecular formula is C11H7BrClFS. The van der Waals surface area contributed by atoms with E-state index in [9.17, 15) is 4.39 Å². The Balaban J connectivity index is 2.28. The van der Waals surface area contributed by atoms with E-state index in [0.29, 0.717) is 0 Å². The average Bonchev–Trinajstić information content (AvgIpc) is 2.65. The molecular weight excluding hydrogens is 299 g/mol. The topological polar surface area (TPSA) is 0 Å². The number of hydrogen-bond donors (Lipinski definition) is 0. The van der Waals surface area contributed by atoms with Gasteiger partial charge in [0.05, 0.1) is 9.16 Å². The minimum Gasteiger partial charge on any atom is -0.207 e. The normalized spacial score (nSPS) is 12.7. The zero-order valence-electron chi connectivity index (χ0n) is 7.58. The van der Waals surface area contributed by atoms with Crippen LogP contribution in [0.5, 0.6) is 0 Å². The summed E-state index contributed by atoms with van der Waals surface area (Å²) in [5.74, 6) is -0.242. The second-order valence-electron chi connectivity index (χ2n) is 3.10. The SMILES string of the molecule is Fc1ccc(C(Cl)c2csc(Br)c2)cc1. The molecule has 0 aliphatic rings. The smallest absolute Gasteiger partial charge is 0.123 e. The van der Waals surface area contributed by atoms with Gasteiger partial charge in [0.2, 0.25) is 0 Å². The van der Waals surface area contributed by atoms with Gasteiger partial charge in [-0.15, -0.1) is 22.9 Å². The van der Waals surface area contributed by atoms with Crippen molar-refractivity contribution < 1.29 is 4.39 Å². The van der Waals surface area contributed by atoms with Crippen molar-refractivity contribution in [3.05, 3.63) is 56.4 Å². The molecule has 0 N–H and O–H groups in total. The van der Waals surface area contributed by atoms with Crippen molar-refractivity contribution >= 4 is 38.9 Å². The maximum absolute atomic E-state index is 12.7. The van der Waals surface area contributed by atoms with Crippen molar-refractivity contribution in [2.75, 3.05) is 0 Å². The van der Waals surface area contributed by atoms with Gasteiger partial charge >= 0.3 is 0 Å². The predicted molar refractivity (Wildman–Crippen MR) is 66.1 cm³/mol. The maximum atomic E-state index is 12.7. The van der Waals surface area contributed by atoms with Crippen molar-refractivity contribution in [2.24, 2.45) is 0 Å². The Morgan fingerprint density at radius 2 is 1.87 bits per heavy atom. The monoisotopic (exact) mass is 304 g/mol. The fraction of sp³-hybridized carbons (Fsp3) is 0.0909. The molecule has 4 heteroatoms. The van der Waals surface area contributed by atoms with E-state index in [1.54, 1.807) is 23.5 Å². The summed E-state index contributed by atoms with van der Waals surface area (Å²) in [4.78, 5) is 0. The average molecular weight is 306 g/mol. The summed E-state index contributed by atoms with van der Waals surface area (Å²) in [5, 5.41) is 1.78. The zero-order chi connectivity index (χ0) is 10.8. The largest absolute Gasteiger partial charge is 0.207 e. The van der Waals surface area contributed by atoms with Crippen molar-refractivity contribution in [1.29, 1.82) is 0 Å². The first kappa shape index (κ1) is 11.1. The molecule has 0 fully saturated rings. The van der Waals surface area contributed by atoms with Gasteiger partial charge in [-0.05, 0) is 50.6 Å². The molecule has 0 amide bonds. The number of thiophene rings is 1. The zero-order valence-corrected chi connectivity index (χ0v) is 10.7. The molecule has 1 aromatic heterocycles. The lowest BCUT2D eigenvalue weighted by Gasteiger charge is -2.07. The van der Waals surface area contributed by atoms with Gasteiger partial charge in [-0.1, -0.05) is 12.1 Å². The second kappa shape index (κ2) is 4.64.